The fraction of sp³-hybridized carbons (Fsp3) is 0.593. The summed E-state index contributed by atoms with van der Waals surface area (Å²) >= 11 is 0. The summed E-state index contributed by atoms with van der Waals surface area (Å²) < 4.78 is 11.2. The van der Waals surface area contributed by atoms with E-state index in [2.05, 4.69) is 10.6 Å². The predicted octanol–water partition coefficient (Wildman–Crippen LogP) is -0.386. The number of methoxy groups -OCH3 is 1. The van der Waals surface area contributed by atoms with Gasteiger partial charge in [0.15, 0.2) is 5.72 Å². The number of Topliss-reactive ketones (excluding diaryl/α,β-unsaturated/α-hetero) is 2. The molecule has 1 aliphatic carbocycles. The highest BCUT2D eigenvalue weighted by Crippen LogP contribution is 2.56. The van der Waals surface area contributed by atoms with Gasteiger partial charge in [-0.15, -0.1) is 0 Å². The van der Waals surface area contributed by atoms with Crippen molar-refractivity contribution >= 4 is 63.5 Å². The quantitative estimate of drug-likeness (QED) is 0.0443. The summed E-state index contributed by atoms with van der Waals surface area (Å²) in [5.41, 5.74) is 4.91. The van der Waals surface area contributed by atoms with Gasteiger partial charge in [0.1, 0.15) is 18.7 Å². The van der Waals surface area contributed by atoms with Gasteiger partial charge >= 0.3 is 18.0 Å². The number of nitrogens with zero attached hydrogens (tertiary/aromatic N) is 1. The van der Waals surface area contributed by atoms with Crippen LogP contribution in [0.25, 0.3) is 0 Å². The Morgan fingerprint density at radius 2 is 1.83 bits per heavy atom. The molecule has 0 spiro atoms. The minimum atomic E-state index is -1.44. The normalized spacial score (nSPS) is 24.8. The lowest BCUT2D eigenvalue weighted by molar-refractivity contribution is -0.153. The van der Waals surface area contributed by atoms with Crippen molar-refractivity contribution in [1.82, 2.24) is 27.0 Å². The van der Waals surface area contributed by atoms with Crippen molar-refractivity contribution in [2.24, 2.45) is 23.5 Å². The van der Waals surface area contributed by atoms with E-state index < -0.39 is 59.9 Å². The highest BCUT2D eigenvalue weighted by Gasteiger charge is 2.65. The molecule has 2 heterocycles. The van der Waals surface area contributed by atoms with Gasteiger partial charge in [0, 0.05) is 48.8 Å². The van der Waals surface area contributed by atoms with Gasteiger partial charge in [-0.2, -0.15) is 0 Å². The first-order valence-corrected chi connectivity index (χ1v) is 16.4. The van der Waals surface area contributed by atoms with Crippen molar-refractivity contribution in [3.63, 3.8) is 0 Å². The molecule has 0 aromatic heterocycles. The van der Waals surface area contributed by atoms with Gasteiger partial charge in [-0.3, -0.25) is 24.0 Å². The highest BCUT2D eigenvalue weighted by molar-refractivity contribution is 8.76. The van der Waals surface area contributed by atoms with Crippen LogP contribution in [-0.4, -0.2) is 113 Å². The summed E-state index contributed by atoms with van der Waals surface area (Å²) in [6, 6.07) is -2.80. The number of fused-ring (bicyclic) bond motifs is 2. The molecule has 1 fully saturated rings. The Morgan fingerprint density at radius 1 is 1.15 bits per heavy atom. The van der Waals surface area contributed by atoms with E-state index in [9.17, 15) is 38.7 Å². The Balaban J connectivity index is 0.00000736. The molecule has 256 valence electrons. The summed E-state index contributed by atoms with van der Waals surface area (Å²) in [4.78, 5) is 86.5. The number of nitrogens with one attached hydrogen (secondary N) is 3. The molecule has 1 saturated heterocycles. The third kappa shape index (κ3) is 7.59. The van der Waals surface area contributed by atoms with Gasteiger partial charge < -0.3 is 52.4 Å². The number of carboxylic acids is 2. The fourth-order valence-electron chi connectivity index (χ4n) is 5.98. The molecular formula is C27H40N6O11S2. The minimum Gasteiger partial charge on any atom is -0.481 e. The maximum Gasteiger partial charge on any atom is 0.404 e. The fourth-order valence-corrected chi connectivity index (χ4v) is 8.04. The number of ketones is 2. The van der Waals surface area contributed by atoms with Crippen LogP contribution < -0.4 is 27.8 Å². The Hall–Kier alpha value is -3.81. The maximum absolute atomic E-state index is 13.9. The average Bonchev–Trinajstić information content (AvgIpc) is 3.40. The van der Waals surface area contributed by atoms with Crippen molar-refractivity contribution in [3.8, 4) is 0 Å². The van der Waals surface area contributed by atoms with E-state index in [0.717, 1.165) is 10.8 Å². The second-order valence-electron chi connectivity index (χ2n) is 10.8. The van der Waals surface area contributed by atoms with Crippen molar-refractivity contribution < 1.29 is 53.2 Å². The van der Waals surface area contributed by atoms with E-state index in [1.165, 1.54) is 17.9 Å². The van der Waals surface area contributed by atoms with Crippen LogP contribution in [0, 0.1) is 17.8 Å². The number of hydrogen-bond acceptors (Lipinski definition) is 14. The number of hydrogen-bond donors (Lipinski definition) is 7. The molecule has 0 bridgehead atoms. The van der Waals surface area contributed by atoms with Crippen LogP contribution >= 0.6 is 21.6 Å². The number of rotatable bonds is 17. The van der Waals surface area contributed by atoms with Crippen LogP contribution in [0.3, 0.4) is 0 Å². The van der Waals surface area contributed by atoms with Gasteiger partial charge in [0.25, 0.3) is 0 Å². The Labute approximate surface area is 272 Å². The number of aliphatic carboxylic acids is 2. The molecule has 0 radical (unpaired) electrons. The van der Waals surface area contributed by atoms with E-state index in [4.69, 9.17) is 20.3 Å². The van der Waals surface area contributed by atoms with Gasteiger partial charge in [0.05, 0.1) is 23.7 Å². The highest BCUT2D eigenvalue weighted by atomic mass is 33.1. The molecular weight excluding hydrogens is 648 g/mol. The van der Waals surface area contributed by atoms with E-state index in [1.807, 2.05) is 24.1 Å². The van der Waals surface area contributed by atoms with Crippen LogP contribution in [0.5, 0.6) is 0 Å². The summed E-state index contributed by atoms with van der Waals surface area (Å²) in [5.74, 6) is -4.92. The Morgan fingerprint density at radius 3 is 2.39 bits per heavy atom. The van der Waals surface area contributed by atoms with E-state index in [1.54, 1.807) is 6.92 Å². The maximum atomic E-state index is 13.9. The number of carboxylic acid groups (broad SMARTS) is 2. The average molecular weight is 689 g/mol. The van der Waals surface area contributed by atoms with Crippen LogP contribution in [0.2, 0.25) is 0 Å². The van der Waals surface area contributed by atoms with Crippen LogP contribution in [0.1, 0.15) is 27.2 Å². The number of allylic oxidation sites excluding steroid dienone is 2. The van der Waals surface area contributed by atoms with E-state index in [0.29, 0.717) is 12.3 Å². The first-order valence-electron chi connectivity index (χ1n) is 13.9. The first kappa shape index (κ1) is 38.4. The standard InChI is InChI=1S/C27H37N5O11S2.H3N/c1-12-8-32-21-19(15(9-43-26(28)41)27(32,42-4)14(12)3)23(37)20(13(2)22(21)36)29-5-6-44-45-10-17(25(39)40)31-24(38)16(30-11-33)7-18(34)35;/h11-12,14-17,29H,5-10H2,1-4H3,(H2,28,41)(H,30,33)(H,31,38)(H,34,35)(H,39,40);1H3/t12-,14-,15+,16-,17-,27-;/m0./s1. The van der Waals surface area contributed by atoms with Crippen LogP contribution in [0.4, 0.5) is 4.79 Å². The van der Waals surface area contributed by atoms with Gasteiger partial charge in [0.2, 0.25) is 23.9 Å². The van der Waals surface area contributed by atoms with E-state index >= 15 is 0 Å². The SMILES string of the molecule is CO[C@@]12[C@H](COC(N)=O)C3=C(C(=O)C(C)=C(NCCSSC[C@H](NC(=O)[C@H](CC(=O)O)NC=O)C(=O)O)C3=O)N1C[C@H](C)[C@@H]2C.N. The molecule has 3 aliphatic rings. The third-order valence-electron chi connectivity index (χ3n) is 8.28. The molecule has 0 saturated carbocycles. The molecule has 0 aromatic carbocycles. The van der Waals surface area contributed by atoms with Crippen LogP contribution in [-0.2, 0) is 38.2 Å². The van der Waals surface area contributed by atoms with Gasteiger partial charge in [-0.05, 0) is 12.8 Å². The second-order valence-corrected chi connectivity index (χ2v) is 13.4. The zero-order chi connectivity index (χ0) is 33.6. The zero-order valence-electron chi connectivity index (χ0n) is 25.8. The second kappa shape index (κ2) is 16.1. The van der Waals surface area contributed by atoms with Crippen molar-refractivity contribution in [3.05, 3.63) is 22.5 Å². The van der Waals surface area contributed by atoms with Crippen molar-refractivity contribution in [2.75, 3.05) is 38.3 Å². The number of nitrogens with two attached hydrogens (primary N) is 1. The van der Waals surface area contributed by atoms with E-state index in [-0.39, 0.29) is 71.6 Å². The zero-order valence-corrected chi connectivity index (χ0v) is 27.5. The number of carbonyl (C=O) groups is 7. The number of ether oxygens (including phenoxy) is 2. The molecule has 19 heteroatoms. The van der Waals surface area contributed by atoms with Crippen molar-refractivity contribution in [2.45, 2.75) is 45.0 Å². The molecule has 46 heavy (non-hydrogen) atoms. The monoisotopic (exact) mass is 688 g/mol. The summed E-state index contributed by atoms with van der Waals surface area (Å²) in [6.45, 7) is 5.96. The molecule has 2 aliphatic heterocycles. The Kier molecular flexibility index (Phi) is 13.5. The molecule has 0 aromatic rings. The topological polar surface area (TPSA) is 279 Å². The summed E-state index contributed by atoms with van der Waals surface area (Å²) in [5, 5.41) is 25.7. The Bertz CT molecular complexity index is 1320. The van der Waals surface area contributed by atoms with Crippen molar-refractivity contribution in [1.29, 1.82) is 0 Å². The van der Waals surface area contributed by atoms with Gasteiger partial charge in [-0.1, -0.05) is 35.4 Å². The molecule has 3 rings (SSSR count). The lowest BCUT2D eigenvalue weighted by atomic mass is 9.77. The molecule has 3 amide bonds. The lowest BCUT2D eigenvalue weighted by Gasteiger charge is -2.41. The number of primary amides is 1. The molecule has 17 nitrogen and oxygen atoms in total. The molecule has 0 unspecified atom stereocenters. The largest absolute Gasteiger partial charge is 0.481 e. The lowest BCUT2D eigenvalue weighted by Crippen LogP contribution is -2.52. The first-order chi connectivity index (χ1) is 21.2. The third-order valence-corrected chi connectivity index (χ3v) is 10.7. The van der Waals surface area contributed by atoms with Crippen LogP contribution in [0.15, 0.2) is 22.5 Å². The predicted molar refractivity (Wildman–Crippen MR) is 166 cm³/mol. The number of amides is 3. The minimum absolute atomic E-state index is 0. The number of carbonyl (C=O) groups excluding carboxylic acids is 5. The smallest absolute Gasteiger partial charge is 0.404 e. The molecule has 10 N–H and O–H groups in total. The summed E-state index contributed by atoms with van der Waals surface area (Å²) in [6.07, 6.45) is -1.58. The molecule has 6 atom stereocenters. The van der Waals surface area contributed by atoms with Gasteiger partial charge in [-0.25, -0.2) is 9.59 Å². The summed E-state index contributed by atoms with van der Waals surface area (Å²) in [7, 11) is 3.85.